The molecule has 174 valence electrons. The molecule has 0 atom stereocenters. The van der Waals surface area contributed by atoms with E-state index in [0.29, 0.717) is 40.2 Å². The van der Waals surface area contributed by atoms with Crippen molar-refractivity contribution < 1.29 is 23.9 Å². The number of hydrogen-bond donors (Lipinski definition) is 0. The van der Waals surface area contributed by atoms with Crippen LogP contribution in [0.5, 0.6) is 11.5 Å². The fourth-order valence-corrected chi connectivity index (χ4v) is 3.84. The molecular weight excluding hydrogens is 444 g/mol. The third-order valence-corrected chi connectivity index (χ3v) is 5.58. The molecular formula is C28H22N2O5. The van der Waals surface area contributed by atoms with Gasteiger partial charge < -0.3 is 9.47 Å². The number of amides is 2. The van der Waals surface area contributed by atoms with E-state index in [-0.39, 0.29) is 24.8 Å². The number of carbonyl (C=O) groups is 3. The molecule has 0 saturated carbocycles. The zero-order valence-corrected chi connectivity index (χ0v) is 19.1. The molecule has 3 aromatic carbocycles. The quantitative estimate of drug-likeness (QED) is 0.156. The summed E-state index contributed by atoms with van der Waals surface area (Å²) >= 11 is 0. The summed E-state index contributed by atoms with van der Waals surface area (Å²) in [6, 6.07) is 22.9. The minimum Gasteiger partial charge on any atom is -0.496 e. The lowest BCUT2D eigenvalue weighted by Gasteiger charge is -2.13. The molecule has 1 aliphatic heterocycles. The van der Waals surface area contributed by atoms with E-state index < -0.39 is 5.97 Å². The molecule has 0 fully saturated rings. The van der Waals surface area contributed by atoms with E-state index in [1.807, 2.05) is 18.2 Å². The lowest BCUT2D eigenvalue weighted by atomic mass is 10.0. The van der Waals surface area contributed by atoms with Gasteiger partial charge in [0.2, 0.25) is 0 Å². The van der Waals surface area contributed by atoms with Crippen molar-refractivity contribution in [2.24, 2.45) is 0 Å². The predicted octanol–water partition coefficient (Wildman–Crippen LogP) is 4.74. The third-order valence-electron chi connectivity index (χ3n) is 5.58. The molecule has 0 saturated heterocycles. The van der Waals surface area contributed by atoms with Crippen molar-refractivity contribution in [2.75, 3.05) is 13.7 Å². The van der Waals surface area contributed by atoms with Crippen LogP contribution < -0.4 is 9.47 Å². The van der Waals surface area contributed by atoms with Crippen LogP contribution in [0.25, 0.3) is 11.6 Å². The van der Waals surface area contributed by atoms with E-state index in [0.717, 1.165) is 10.5 Å². The van der Waals surface area contributed by atoms with Gasteiger partial charge in [0.25, 0.3) is 11.8 Å². The summed E-state index contributed by atoms with van der Waals surface area (Å²) in [6.45, 7) is 0.144. The van der Waals surface area contributed by atoms with Gasteiger partial charge in [0, 0.05) is 18.5 Å². The van der Waals surface area contributed by atoms with Gasteiger partial charge in [-0.15, -0.1) is 0 Å². The fourth-order valence-electron chi connectivity index (χ4n) is 3.84. The van der Waals surface area contributed by atoms with Crippen LogP contribution >= 0.6 is 0 Å². The van der Waals surface area contributed by atoms with Crippen molar-refractivity contribution in [3.63, 3.8) is 0 Å². The van der Waals surface area contributed by atoms with Crippen LogP contribution in [0.4, 0.5) is 0 Å². The number of fused-ring (bicyclic) bond motifs is 1. The van der Waals surface area contributed by atoms with E-state index in [1.165, 1.54) is 0 Å². The molecule has 4 rings (SSSR count). The van der Waals surface area contributed by atoms with Gasteiger partial charge in [0.1, 0.15) is 11.5 Å². The molecule has 1 aliphatic rings. The number of para-hydroxylation sites is 1. The van der Waals surface area contributed by atoms with E-state index in [1.54, 1.807) is 67.8 Å². The number of nitriles is 1. The molecule has 7 heteroatoms. The first-order valence-corrected chi connectivity index (χ1v) is 11.0. The number of hydrogen-bond acceptors (Lipinski definition) is 6. The van der Waals surface area contributed by atoms with Gasteiger partial charge in [0.15, 0.2) is 0 Å². The van der Waals surface area contributed by atoms with Crippen LogP contribution in [-0.4, -0.2) is 36.3 Å². The number of carbonyl (C=O) groups excluding carboxylic acids is 3. The summed E-state index contributed by atoms with van der Waals surface area (Å²) in [5.74, 6) is -0.174. The molecule has 0 aromatic heterocycles. The summed E-state index contributed by atoms with van der Waals surface area (Å²) < 4.78 is 10.7. The van der Waals surface area contributed by atoms with Gasteiger partial charge in [-0.25, -0.2) is 0 Å². The molecule has 0 N–H and O–H groups in total. The van der Waals surface area contributed by atoms with Crippen LogP contribution in [0, 0.1) is 11.3 Å². The van der Waals surface area contributed by atoms with E-state index >= 15 is 0 Å². The Hall–Kier alpha value is -4.70. The second-order valence-electron chi connectivity index (χ2n) is 7.82. The average Bonchev–Trinajstić information content (AvgIpc) is 3.13. The van der Waals surface area contributed by atoms with Gasteiger partial charge >= 0.3 is 5.97 Å². The van der Waals surface area contributed by atoms with Crippen LogP contribution in [0.15, 0.2) is 72.8 Å². The predicted molar refractivity (Wildman–Crippen MR) is 130 cm³/mol. The summed E-state index contributed by atoms with van der Waals surface area (Å²) in [5.41, 5.74) is 2.67. The molecule has 35 heavy (non-hydrogen) atoms. The largest absolute Gasteiger partial charge is 0.496 e. The molecule has 0 bridgehead atoms. The van der Waals surface area contributed by atoms with E-state index in [2.05, 4.69) is 6.07 Å². The van der Waals surface area contributed by atoms with Gasteiger partial charge in [0.05, 0.1) is 29.9 Å². The zero-order chi connectivity index (χ0) is 24.8. The van der Waals surface area contributed by atoms with Crippen molar-refractivity contribution >= 4 is 29.4 Å². The first-order chi connectivity index (χ1) is 17.0. The molecule has 0 aliphatic carbocycles. The van der Waals surface area contributed by atoms with Gasteiger partial charge in [-0.2, -0.15) is 5.26 Å². The Morgan fingerprint density at radius 3 is 2.20 bits per heavy atom. The lowest BCUT2D eigenvalue weighted by Crippen LogP contribution is -2.31. The normalized spacial score (nSPS) is 12.8. The second kappa shape index (κ2) is 10.5. The standard InChI is InChI=1S/C28H22N2O5/c1-34-25-10-5-4-7-22(25)20(18-29)17-19-12-14-21(15-13-19)35-26(31)11-6-16-30-27(32)23-8-2-3-9-24(23)28(30)33/h2-5,7-10,12-15,17H,6,11,16H2,1H3/b20-17-. The monoisotopic (exact) mass is 466 g/mol. The van der Waals surface area contributed by atoms with Crippen LogP contribution in [0.1, 0.15) is 44.7 Å². The number of imide groups is 1. The van der Waals surface area contributed by atoms with Crippen molar-refractivity contribution in [3.8, 4) is 17.6 Å². The number of allylic oxidation sites excluding steroid dienone is 1. The maximum absolute atomic E-state index is 12.4. The number of benzene rings is 3. The van der Waals surface area contributed by atoms with Gasteiger partial charge in [-0.3, -0.25) is 19.3 Å². The van der Waals surface area contributed by atoms with Crippen LogP contribution in [0.2, 0.25) is 0 Å². The average molecular weight is 466 g/mol. The number of rotatable bonds is 8. The Kier molecular flexibility index (Phi) is 7.03. The smallest absolute Gasteiger partial charge is 0.311 e. The Labute approximate surface area is 202 Å². The lowest BCUT2D eigenvalue weighted by molar-refractivity contribution is -0.134. The van der Waals surface area contributed by atoms with Crippen LogP contribution in [-0.2, 0) is 4.79 Å². The van der Waals surface area contributed by atoms with Gasteiger partial charge in [-0.1, -0.05) is 36.4 Å². The molecule has 0 unspecified atom stereocenters. The third kappa shape index (κ3) is 5.12. The summed E-state index contributed by atoms with van der Waals surface area (Å²) in [6.07, 6.45) is 2.09. The summed E-state index contributed by atoms with van der Waals surface area (Å²) in [5, 5.41) is 9.59. The van der Waals surface area contributed by atoms with Crippen LogP contribution in [0.3, 0.4) is 0 Å². The maximum atomic E-state index is 12.4. The van der Waals surface area contributed by atoms with Crippen molar-refractivity contribution in [1.29, 1.82) is 5.26 Å². The van der Waals surface area contributed by atoms with Crippen molar-refractivity contribution in [3.05, 3.63) is 95.1 Å². The van der Waals surface area contributed by atoms with Crippen molar-refractivity contribution in [2.45, 2.75) is 12.8 Å². The first-order valence-electron chi connectivity index (χ1n) is 11.0. The molecule has 0 spiro atoms. The van der Waals surface area contributed by atoms with E-state index in [9.17, 15) is 19.6 Å². The molecule has 7 nitrogen and oxygen atoms in total. The Balaban J connectivity index is 1.32. The Morgan fingerprint density at radius 1 is 0.943 bits per heavy atom. The topological polar surface area (TPSA) is 96.7 Å². The molecule has 3 aromatic rings. The fraction of sp³-hybridized carbons (Fsp3) is 0.143. The van der Waals surface area contributed by atoms with Crippen molar-refractivity contribution in [1.82, 2.24) is 4.90 Å². The highest BCUT2D eigenvalue weighted by molar-refractivity contribution is 6.21. The first kappa shape index (κ1) is 23.5. The SMILES string of the molecule is COc1ccccc1/C(C#N)=C\c1ccc(OC(=O)CCCN2C(=O)c3ccccc3C2=O)cc1. The Bertz CT molecular complexity index is 1320. The molecule has 1 heterocycles. The summed E-state index contributed by atoms with van der Waals surface area (Å²) in [4.78, 5) is 38.2. The Morgan fingerprint density at radius 2 is 1.57 bits per heavy atom. The number of nitrogens with zero attached hydrogens (tertiary/aromatic N) is 2. The number of esters is 1. The highest BCUT2D eigenvalue weighted by atomic mass is 16.5. The molecule has 0 radical (unpaired) electrons. The summed E-state index contributed by atoms with van der Waals surface area (Å²) in [7, 11) is 1.55. The number of ether oxygens (including phenoxy) is 2. The zero-order valence-electron chi connectivity index (χ0n) is 19.1. The second-order valence-corrected chi connectivity index (χ2v) is 7.82. The highest BCUT2D eigenvalue weighted by Gasteiger charge is 2.34. The van der Waals surface area contributed by atoms with Gasteiger partial charge in [-0.05, 0) is 54.5 Å². The number of methoxy groups -OCH3 is 1. The minimum atomic E-state index is -0.461. The minimum absolute atomic E-state index is 0.0570. The maximum Gasteiger partial charge on any atom is 0.311 e. The van der Waals surface area contributed by atoms with E-state index in [4.69, 9.17) is 9.47 Å². The highest BCUT2D eigenvalue weighted by Crippen LogP contribution is 2.27. The molecule has 2 amide bonds.